The van der Waals surface area contributed by atoms with Crippen molar-refractivity contribution in [1.29, 1.82) is 0 Å². The van der Waals surface area contributed by atoms with E-state index in [1.165, 1.54) is 5.39 Å². The van der Waals surface area contributed by atoms with Crippen LogP contribution in [0.5, 0.6) is 0 Å². The first-order valence-corrected chi connectivity index (χ1v) is 7.18. The monoisotopic (exact) mass is 281 g/mol. The van der Waals surface area contributed by atoms with Gasteiger partial charge in [0.05, 0.1) is 17.3 Å². The summed E-state index contributed by atoms with van der Waals surface area (Å²) in [5.74, 6) is 0. The molecule has 0 aliphatic heterocycles. The van der Waals surface area contributed by atoms with Gasteiger partial charge in [-0.2, -0.15) is 5.10 Å². The van der Waals surface area contributed by atoms with Gasteiger partial charge in [0.1, 0.15) is 0 Å². The third-order valence-corrected chi connectivity index (χ3v) is 3.64. The third kappa shape index (κ3) is 2.90. The Bertz CT molecular complexity index is 733. The van der Waals surface area contributed by atoms with Crippen LogP contribution in [-0.4, -0.2) is 21.8 Å². The van der Waals surface area contributed by atoms with Gasteiger partial charge < -0.3 is 10.4 Å². The summed E-state index contributed by atoms with van der Waals surface area (Å²) in [5, 5.41) is 21.7. The van der Waals surface area contributed by atoms with E-state index in [0.29, 0.717) is 0 Å². The number of benzene rings is 2. The van der Waals surface area contributed by atoms with Crippen molar-refractivity contribution >= 4 is 16.6 Å². The molecule has 4 nitrogen and oxygen atoms in total. The zero-order chi connectivity index (χ0) is 14.7. The van der Waals surface area contributed by atoms with Gasteiger partial charge in [-0.05, 0) is 19.1 Å². The summed E-state index contributed by atoms with van der Waals surface area (Å²) in [6, 6.07) is 16.0. The highest BCUT2D eigenvalue weighted by atomic mass is 16.3. The van der Waals surface area contributed by atoms with Crippen molar-refractivity contribution in [3.63, 3.8) is 0 Å². The first-order chi connectivity index (χ1) is 10.3. The number of anilines is 1. The minimum atomic E-state index is -0.472. The van der Waals surface area contributed by atoms with E-state index in [4.69, 9.17) is 0 Å². The summed E-state index contributed by atoms with van der Waals surface area (Å²) in [6.07, 6.45) is 0.359. The largest absolute Gasteiger partial charge is 0.389 e. The van der Waals surface area contributed by atoms with E-state index in [2.05, 4.69) is 21.6 Å². The second-order valence-corrected chi connectivity index (χ2v) is 5.16. The fourth-order valence-corrected chi connectivity index (χ4v) is 2.55. The number of fused-ring (bicyclic) bond motifs is 1. The summed E-state index contributed by atoms with van der Waals surface area (Å²) in [5.41, 5.74) is 4.03. The van der Waals surface area contributed by atoms with Crippen LogP contribution in [0.3, 0.4) is 0 Å². The lowest BCUT2D eigenvalue weighted by Gasteiger charge is -2.13. The fourth-order valence-electron chi connectivity index (χ4n) is 2.55. The normalized spacial score (nSPS) is 12.5. The quantitative estimate of drug-likeness (QED) is 0.672. The van der Waals surface area contributed by atoms with Gasteiger partial charge in [0.15, 0.2) is 0 Å². The van der Waals surface area contributed by atoms with Crippen LogP contribution in [0.15, 0.2) is 48.5 Å². The molecule has 0 amide bonds. The Morgan fingerprint density at radius 1 is 1.14 bits per heavy atom. The highest BCUT2D eigenvalue weighted by Gasteiger charge is 2.08. The van der Waals surface area contributed by atoms with Crippen molar-refractivity contribution < 1.29 is 5.11 Å². The van der Waals surface area contributed by atoms with Crippen LogP contribution in [0.2, 0.25) is 0 Å². The van der Waals surface area contributed by atoms with Crippen LogP contribution >= 0.6 is 0 Å². The van der Waals surface area contributed by atoms with Crippen LogP contribution < -0.4 is 5.32 Å². The molecule has 1 unspecified atom stereocenters. The molecule has 0 aliphatic rings. The number of aliphatic hydroxyl groups excluding tert-OH is 1. The molecular formula is C17H19N3O. The van der Waals surface area contributed by atoms with Crippen LogP contribution in [0, 0.1) is 0 Å². The van der Waals surface area contributed by atoms with Crippen LogP contribution in [0.4, 0.5) is 5.69 Å². The molecule has 2 aromatic carbocycles. The molecule has 0 saturated heterocycles. The Morgan fingerprint density at radius 2 is 1.90 bits per heavy atom. The van der Waals surface area contributed by atoms with Crippen molar-refractivity contribution in [2.75, 3.05) is 11.9 Å². The van der Waals surface area contributed by atoms with Crippen molar-refractivity contribution in [3.8, 4) is 0 Å². The zero-order valence-electron chi connectivity index (χ0n) is 12.0. The van der Waals surface area contributed by atoms with Crippen LogP contribution in [-0.2, 0) is 6.42 Å². The molecule has 1 heterocycles. The molecule has 0 spiro atoms. The lowest BCUT2D eigenvalue weighted by Crippen LogP contribution is -2.08. The molecular weight excluding hydrogens is 262 g/mol. The molecule has 0 fully saturated rings. The van der Waals surface area contributed by atoms with Crippen LogP contribution in [0.25, 0.3) is 10.9 Å². The summed E-state index contributed by atoms with van der Waals surface area (Å²) >= 11 is 0. The maximum Gasteiger partial charge on any atom is 0.0781 e. The number of para-hydroxylation sites is 2. The third-order valence-electron chi connectivity index (χ3n) is 3.64. The number of nitrogens with one attached hydrogen (secondary N) is 2. The predicted octanol–water partition coefficient (Wildman–Crippen LogP) is 3.27. The highest BCUT2D eigenvalue weighted by molar-refractivity contribution is 5.81. The summed E-state index contributed by atoms with van der Waals surface area (Å²) in [7, 11) is 0. The molecule has 21 heavy (non-hydrogen) atoms. The first-order valence-electron chi connectivity index (χ1n) is 7.18. The maximum atomic E-state index is 9.77. The number of aromatic amines is 1. The van der Waals surface area contributed by atoms with Gasteiger partial charge >= 0.3 is 0 Å². The zero-order valence-corrected chi connectivity index (χ0v) is 12.0. The van der Waals surface area contributed by atoms with Gasteiger partial charge in [-0.25, -0.2) is 0 Å². The minimum Gasteiger partial charge on any atom is -0.389 e. The van der Waals surface area contributed by atoms with Crippen molar-refractivity contribution in [1.82, 2.24) is 10.2 Å². The lowest BCUT2D eigenvalue weighted by molar-refractivity contribution is 0.200. The van der Waals surface area contributed by atoms with E-state index in [0.717, 1.165) is 35.4 Å². The van der Waals surface area contributed by atoms with Crippen molar-refractivity contribution in [2.45, 2.75) is 19.4 Å². The smallest absolute Gasteiger partial charge is 0.0781 e. The standard InChI is InChI=1S/C17H19N3O/c1-12(21)13-6-2-4-8-15(13)18-11-10-17-14-7-3-5-9-16(14)19-20-17/h2-9,12,18,21H,10-11H2,1H3,(H,19,20). The van der Waals surface area contributed by atoms with Gasteiger partial charge in [0.2, 0.25) is 0 Å². The molecule has 0 saturated carbocycles. The van der Waals surface area contributed by atoms with Gasteiger partial charge in [0.25, 0.3) is 0 Å². The van der Waals surface area contributed by atoms with E-state index in [1.807, 2.05) is 42.5 Å². The van der Waals surface area contributed by atoms with E-state index < -0.39 is 6.10 Å². The Labute approximate surface area is 123 Å². The van der Waals surface area contributed by atoms with Gasteiger partial charge in [-0.15, -0.1) is 0 Å². The number of aliphatic hydroxyl groups is 1. The number of H-pyrrole nitrogens is 1. The van der Waals surface area contributed by atoms with Crippen LogP contribution in [0.1, 0.15) is 24.3 Å². The SMILES string of the molecule is CC(O)c1ccccc1NCCc1n[nH]c2ccccc12. The molecule has 1 atom stereocenters. The molecule has 3 N–H and O–H groups in total. The van der Waals surface area contributed by atoms with Crippen molar-refractivity contribution in [2.24, 2.45) is 0 Å². The predicted molar refractivity (Wildman–Crippen MR) is 85.4 cm³/mol. The molecule has 108 valence electrons. The first kappa shape index (κ1) is 13.6. The Morgan fingerprint density at radius 3 is 2.76 bits per heavy atom. The molecule has 0 bridgehead atoms. The fraction of sp³-hybridized carbons (Fsp3) is 0.235. The topological polar surface area (TPSA) is 60.9 Å². The molecule has 0 aliphatic carbocycles. The summed E-state index contributed by atoms with van der Waals surface area (Å²) in [6.45, 7) is 2.56. The average molecular weight is 281 g/mol. The molecule has 1 aromatic heterocycles. The second-order valence-electron chi connectivity index (χ2n) is 5.16. The lowest BCUT2D eigenvalue weighted by atomic mass is 10.1. The maximum absolute atomic E-state index is 9.77. The minimum absolute atomic E-state index is 0.472. The van der Waals surface area contributed by atoms with E-state index in [1.54, 1.807) is 6.92 Å². The Balaban J connectivity index is 1.69. The number of hydrogen-bond acceptors (Lipinski definition) is 3. The number of aromatic nitrogens is 2. The Hall–Kier alpha value is -2.33. The van der Waals surface area contributed by atoms with E-state index in [9.17, 15) is 5.11 Å². The Kier molecular flexibility index (Phi) is 3.88. The molecule has 3 aromatic rings. The van der Waals surface area contributed by atoms with Gasteiger partial charge in [0, 0.05) is 29.6 Å². The second kappa shape index (κ2) is 5.97. The number of nitrogens with zero attached hydrogens (tertiary/aromatic N) is 1. The van der Waals surface area contributed by atoms with Gasteiger partial charge in [-0.3, -0.25) is 5.10 Å². The summed E-state index contributed by atoms with van der Waals surface area (Å²) < 4.78 is 0. The number of rotatable bonds is 5. The number of hydrogen-bond donors (Lipinski definition) is 3. The molecule has 4 heteroatoms. The highest BCUT2D eigenvalue weighted by Crippen LogP contribution is 2.22. The van der Waals surface area contributed by atoms with Crippen molar-refractivity contribution in [3.05, 3.63) is 59.8 Å². The van der Waals surface area contributed by atoms with E-state index in [-0.39, 0.29) is 0 Å². The summed E-state index contributed by atoms with van der Waals surface area (Å²) in [4.78, 5) is 0. The molecule has 0 radical (unpaired) electrons. The van der Waals surface area contributed by atoms with E-state index >= 15 is 0 Å². The van der Waals surface area contributed by atoms with Gasteiger partial charge in [-0.1, -0.05) is 36.4 Å². The molecule has 3 rings (SSSR count). The average Bonchev–Trinajstić information content (AvgIpc) is 2.91.